The highest BCUT2D eigenvalue weighted by molar-refractivity contribution is 5.38. The van der Waals surface area contributed by atoms with Gasteiger partial charge < -0.3 is 10.2 Å². The number of rotatable bonds is 6. The standard InChI is InChI=1S/C28H46O2/c1-19-17-23(21(3)26(29)18-19)12-11-22-10-8-16-28(6)24(13-14-25(22)28)20(2)9-7-15-27(4,5)30/h11-12,19-20,24-26,29-30H,3,7-10,13-18H2,1-2,4-6H3/b22-11+,23-12-/t19-,20+,24+,25-,26-,28+/m0/s1. The summed E-state index contributed by atoms with van der Waals surface area (Å²) in [7, 11) is 0. The Morgan fingerprint density at radius 1 is 1.27 bits per heavy atom. The lowest BCUT2D eigenvalue weighted by Gasteiger charge is -2.44. The van der Waals surface area contributed by atoms with Crippen molar-refractivity contribution in [2.45, 2.75) is 111 Å². The average Bonchev–Trinajstić information content (AvgIpc) is 3.00. The number of aliphatic hydroxyl groups is 2. The van der Waals surface area contributed by atoms with Crippen LogP contribution >= 0.6 is 0 Å². The van der Waals surface area contributed by atoms with Crippen molar-refractivity contribution in [2.75, 3.05) is 0 Å². The highest BCUT2D eigenvalue weighted by atomic mass is 16.3. The molecule has 3 rings (SSSR count). The molecular formula is C28H46O2. The first-order valence-electron chi connectivity index (χ1n) is 12.5. The summed E-state index contributed by atoms with van der Waals surface area (Å²) in [5.74, 6) is 2.78. The minimum Gasteiger partial charge on any atom is -0.390 e. The molecule has 0 radical (unpaired) electrons. The molecule has 0 aromatic rings. The van der Waals surface area contributed by atoms with Crippen LogP contribution in [0.3, 0.4) is 0 Å². The van der Waals surface area contributed by atoms with Crippen molar-refractivity contribution in [2.24, 2.45) is 29.1 Å². The lowest BCUT2D eigenvalue weighted by Crippen LogP contribution is -2.36. The summed E-state index contributed by atoms with van der Waals surface area (Å²) < 4.78 is 0. The van der Waals surface area contributed by atoms with Crippen molar-refractivity contribution >= 4 is 0 Å². The Morgan fingerprint density at radius 2 is 2.00 bits per heavy atom. The smallest absolute Gasteiger partial charge is 0.0789 e. The molecule has 0 aromatic heterocycles. The van der Waals surface area contributed by atoms with Crippen LogP contribution in [0.4, 0.5) is 0 Å². The summed E-state index contributed by atoms with van der Waals surface area (Å²) in [5, 5.41) is 20.3. The van der Waals surface area contributed by atoms with Crippen molar-refractivity contribution in [3.63, 3.8) is 0 Å². The van der Waals surface area contributed by atoms with Gasteiger partial charge in [0.05, 0.1) is 11.7 Å². The number of allylic oxidation sites excluding steroid dienone is 3. The molecule has 6 atom stereocenters. The molecule has 0 bridgehead atoms. The Hall–Kier alpha value is -0.860. The lowest BCUT2D eigenvalue weighted by molar-refractivity contribution is 0.0596. The first-order chi connectivity index (χ1) is 14.0. The second-order valence-electron chi connectivity index (χ2n) is 11.8. The molecule has 170 valence electrons. The molecule has 0 aromatic carbocycles. The van der Waals surface area contributed by atoms with E-state index in [1.54, 1.807) is 5.57 Å². The molecule has 3 saturated carbocycles. The van der Waals surface area contributed by atoms with Crippen LogP contribution in [-0.2, 0) is 0 Å². The van der Waals surface area contributed by atoms with Gasteiger partial charge in [-0.05, 0) is 105 Å². The van der Waals surface area contributed by atoms with Crippen molar-refractivity contribution in [3.05, 3.63) is 35.5 Å². The topological polar surface area (TPSA) is 40.5 Å². The molecule has 2 heteroatoms. The molecular weight excluding hydrogens is 368 g/mol. The van der Waals surface area contributed by atoms with Crippen LogP contribution in [0.5, 0.6) is 0 Å². The molecule has 0 spiro atoms. The molecule has 0 heterocycles. The fourth-order valence-corrected chi connectivity index (χ4v) is 6.98. The zero-order valence-electron chi connectivity index (χ0n) is 20.2. The van der Waals surface area contributed by atoms with Gasteiger partial charge in [0.25, 0.3) is 0 Å². The minimum absolute atomic E-state index is 0.365. The highest BCUT2D eigenvalue weighted by Crippen LogP contribution is 2.60. The molecule has 3 aliphatic rings. The van der Waals surface area contributed by atoms with Crippen LogP contribution in [0.2, 0.25) is 0 Å². The molecule has 3 fully saturated rings. The van der Waals surface area contributed by atoms with Crippen molar-refractivity contribution in [1.82, 2.24) is 0 Å². The van der Waals surface area contributed by atoms with E-state index < -0.39 is 5.60 Å². The first kappa shape index (κ1) is 23.8. The molecule has 0 amide bonds. The van der Waals surface area contributed by atoms with E-state index in [9.17, 15) is 10.2 Å². The van der Waals surface area contributed by atoms with E-state index in [0.29, 0.717) is 17.3 Å². The fraction of sp³-hybridized carbons (Fsp3) is 0.786. The summed E-state index contributed by atoms with van der Waals surface area (Å²) in [4.78, 5) is 0. The van der Waals surface area contributed by atoms with Crippen LogP contribution < -0.4 is 0 Å². The second kappa shape index (κ2) is 9.33. The SMILES string of the molecule is C=C1/C(=C\C=C2/CCC[C@]3(C)[C@@H]([C@H](C)CCCC(C)(C)O)CC[C@@H]23)C[C@H](C)C[C@@H]1O. The van der Waals surface area contributed by atoms with Gasteiger partial charge in [-0.1, -0.05) is 57.9 Å². The van der Waals surface area contributed by atoms with E-state index in [2.05, 4.69) is 39.5 Å². The quantitative estimate of drug-likeness (QED) is 0.492. The third kappa shape index (κ3) is 5.30. The summed E-state index contributed by atoms with van der Waals surface area (Å²) in [6.45, 7) is 15.3. The van der Waals surface area contributed by atoms with Gasteiger partial charge in [-0.3, -0.25) is 0 Å². The van der Waals surface area contributed by atoms with Gasteiger partial charge in [0, 0.05) is 0 Å². The Kier molecular flexibility index (Phi) is 7.40. The zero-order valence-corrected chi connectivity index (χ0v) is 20.2. The summed E-state index contributed by atoms with van der Waals surface area (Å²) in [5.41, 5.74) is 3.73. The van der Waals surface area contributed by atoms with Gasteiger partial charge in [-0.25, -0.2) is 0 Å². The Labute approximate surface area is 185 Å². The molecule has 30 heavy (non-hydrogen) atoms. The maximum absolute atomic E-state index is 10.3. The summed E-state index contributed by atoms with van der Waals surface area (Å²) in [6.07, 6.45) is 16.0. The Morgan fingerprint density at radius 3 is 2.70 bits per heavy atom. The maximum atomic E-state index is 10.3. The Balaban J connectivity index is 1.70. The van der Waals surface area contributed by atoms with Crippen molar-refractivity contribution in [3.8, 4) is 0 Å². The van der Waals surface area contributed by atoms with Gasteiger partial charge >= 0.3 is 0 Å². The van der Waals surface area contributed by atoms with Crippen LogP contribution in [0.15, 0.2) is 35.5 Å². The number of hydrogen-bond donors (Lipinski definition) is 2. The van der Waals surface area contributed by atoms with Crippen molar-refractivity contribution < 1.29 is 10.2 Å². The lowest BCUT2D eigenvalue weighted by atomic mass is 9.60. The van der Waals surface area contributed by atoms with Gasteiger partial charge in [-0.2, -0.15) is 0 Å². The average molecular weight is 415 g/mol. The molecule has 2 nitrogen and oxygen atoms in total. The minimum atomic E-state index is -0.537. The summed E-state index contributed by atoms with van der Waals surface area (Å²) in [6, 6.07) is 0. The Bertz CT molecular complexity index is 679. The third-order valence-corrected chi connectivity index (χ3v) is 8.68. The van der Waals surface area contributed by atoms with E-state index in [4.69, 9.17) is 0 Å². The van der Waals surface area contributed by atoms with Gasteiger partial charge in [-0.15, -0.1) is 0 Å². The van der Waals surface area contributed by atoms with Gasteiger partial charge in [0.2, 0.25) is 0 Å². The molecule has 3 aliphatic carbocycles. The van der Waals surface area contributed by atoms with E-state index in [1.807, 2.05) is 13.8 Å². The van der Waals surface area contributed by atoms with E-state index >= 15 is 0 Å². The first-order valence-corrected chi connectivity index (χ1v) is 12.5. The normalized spacial score (nSPS) is 38.8. The predicted octanol–water partition coefficient (Wildman–Crippen LogP) is 6.98. The molecule has 0 aliphatic heterocycles. The third-order valence-electron chi connectivity index (χ3n) is 8.68. The largest absolute Gasteiger partial charge is 0.390 e. The van der Waals surface area contributed by atoms with E-state index in [0.717, 1.165) is 43.1 Å². The fourth-order valence-electron chi connectivity index (χ4n) is 6.98. The van der Waals surface area contributed by atoms with Crippen LogP contribution in [-0.4, -0.2) is 21.9 Å². The second-order valence-corrected chi connectivity index (χ2v) is 11.8. The van der Waals surface area contributed by atoms with Crippen LogP contribution in [0, 0.1) is 29.1 Å². The predicted molar refractivity (Wildman–Crippen MR) is 127 cm³/mol. The highest BCUT2D eigenvalue weighted by Gasteiger charge is 2.50. The van der Waals surface area contributed by atoms with Gasteiger partial charge in [0.15, 0.2) is 0 Å². The molecule has 2 N–H and O–H groups in total. The van der Waals surface area contributed by atoms with E-state index in [1.165, 1.54) is 44.1 Å². The molecule has 0 unspecified atom stereocenters. The zero-order chi connectivity index (χ0) is 22.1. The number of aliphatic hydroxyl groups excluding tert-OH is 1. The maximum Gasteiger partial charge on any atom is 0.0789 e. The van der Waals surface area contributed by atoms with Gasteiger partial charge in [0.1, 0.15) is 0 Å². The monoisotopic (exact) mass is 414 g/mol. The molecule has 0 saturated heterocycles. The van der Waals surface area contributed by atoms with Crippen LogP contribution in [0.1, 0.15) is 98.8 Å². The van der Waals surface area contributed by atoms with E-state index in [-0.39, 0.29) is 6.10 Å². The summed E-state index contributed by atoms with van der Waals surface area (Å²) >= 11 is 0. The number of fused-ring (bicyclic) bond motifs is 1. The van der Waals surface area contributed by atoms with Crippen LogP contribution in [0.25, 0.3) is 0 Å². The van der Waals surface area contributed by atoms with Crippen molar-refractivity contribution in [1.29, 1.82) is 0 Å². The number of hydrogen-bond acceptors (Lipinski definition) is 2.